The standard InChI is InChI=1S/C9H11BrN4O2S2/c1-6-3-4-17-7(6)5-11-18(15,16)9-8(10)12-13-14(9)2/h3-4,11H,5H2,1-2H3. The highest BCUT2D eigenvalue weighted by molar-refractivity contribution is 9.10. The van der Waals surface area contributed by atoms with E-state index in [1.165, 1.54) is 23.1 Å². The van der Waals surface area contributed by atoms with Gasteiger partial charge in [0.25, 0.3) is 10.0 Å². The predicted octanol–water partition coefficient (Wildman–Crippen LogP) is 1.43. The third-order valence-corrected chi connectivity index (χ3v) is 5.69. The van der Waals surface area contributed by atoms with Crippen LogP contribution in [0.3, 0.4) is 0 Å². The molecule has 0 spiro atoms. The van der Waals surface area contributed by atoms with Crippen LogP contribution >= 0.6 is 27.3 Å². The predicted molar refractivity (Wildman–Crippen MR) is 71.8 cm³/mol. The minimum Gasteiger partial charge on any atom is -0.235 e. The summed E-state index contributed by atoms with van der Waals surface area (Å²) in [4.78, 5) is 0.991. The van der Waals surface area contributed by atoms with E-state index >= 15 is 0 Å². The summed E-state index contributed by atoms with van der Waals surface area (Å²) in [6.07, 6.45) is 0. The molecule has 0 amide bonds. The summed E-state index contributed by atoms with van der Waals surface area (Å²) in [5.41, 5.74) is 1.07. The molecule has 0 saturated carbocycles. The number of hydrogen-bond acceptors (Lipinski definition) is 5. The van der Waals surface area contributed by atoms with Gasteiger partial charge in [-0.15, -0.1) is 16.4 Å². The van der Waals surface area contributed by atoms with Crippen molar-refractivity contribution in [2.45, 2.75) is 18.5 Å². The molecule has 1 N–H and O–H groups in total. The van der Waals surface area contributed by atoms with Crippen molar-refractivity contribution in [3.05, 3.63) is 26.5 Å². The van der Waals surface area contributed by atoms with Gasteiger partial charge in [-0.3, -0.25) is 0 Å². The highest BCUT2D eigenvalue weighted by atomic mass is 79.9. The average molecular weight is 351 g/mol. The van der Waals surface area contributed by atoms with Crippen molar-refractivity contribution in [1.82, 2.24) is 19.7 Å². The van der Waals surface area contributed by atoms with Gasteiger partial charge in [0.05, 0.1) is 0 Å². The molecule has 2 aromatic rings. The van der Waals surface area contributed by atoms with Crippen molar-refractivity contribution in [1.29, 1.82) is 0 Å². The maximum Gasteiger partial charge on any atom is 0.260 e. The zero-order valence-electron chi connectivity index (χ0n) is 9.71. The van der Waals surface area contributed by atoms with Crippen LogP contribution in [0, 0.1) is 6.92 Å². The second-order valence-electron chi connectivity index (χ2n) is 3.66. The Hall–Kier alpha value is -0.770. The summed E-state index contributed by atoms with van der Waals surface area (Å²) >= 11 is 4.59. The lowest BCUT2D eigenvalue weighted by atomic mass is 10.3. The Kier molecular flexibility index (Phi) is 3.85. The highest BCUT2D eigenvalue weighted by Gasteiger charge is 2.23. The molecule has 0 bridgehead atoms. The SMILES string of the molecule is Cc1ccsc1CNS(=O)(=O)c1c(Br)nnn1C. The molecule has 9 heteroatoms. The summed E-state index contributed by atoms with van der Waals surface area (Å²) < 4.78 is 28.2. The maximum absolute atomic E-state index is 12.1. The summed E-state index contributed by atoms with van der Waals surface area (Å²) in [7, 11) is -2.09. The minimum absolute atomic E-state index is 0.0247. The molecule has 0 atom stereocenters. The van der Waals surface area contributed by atoms with Gasteiger partial charge in [-0.2, -0.15) is 0 Å². The van der Waals surface area contributed by atoms with Gasteiger partial charge in [0.15, 0.2) is 4.60 Å². The smallest absolute Gasteiger partial charge is 0.235 e. The van der Waals surface area contributed by atoms with Gasteiger partial charge in [-0.25, -0.2) is 17.8 Å². The van der Waals surface area contributed by atoms with E-state index in [2.05, 4.69) is 31.0 Å². The average Bonchev–Trinajstić information content (AvgIpc) is 2.83. The lowest BCUT2D eigenvalue weighted by molar-refractivity contribution is 0.560. The molecule has 0 fully saturated rings. The first-order chi connectivity index (χ1) is 8.42. The molecule has 6 nitrogen and oxygen atoms in total. The lowest BCUT2D eigenvalue weighted by Gasteiger charge is -2.06. The molecule has 98 valence electrons. The van der Waals surface area contributed by atoms with E-state index in [4.69, 9.17) is 0 Å². The Morgan fingerprint density at radius 3 is 2.78 bits per heavy atom. The normalized spacial score (nSPS) is 11.9. The van der Waals surface area contributed by atoms with Crippen LogP contribution in [0.2, 0.25) is 0 Å². The highest BCUT2D eigenvalue weighted by Crippen LogP contribution is 2.19. The van der Waals surface area contributed by atoms with Gasteiger partial charge in [0, 0.05) is 18.5 Å². The second kappa shape index (κ2) is 5.08. The fourth-order valence-corrected chi connectivity index (χ4v) is 4.44. The van der Waals surface area contributed by atoms with Gasteiger partial charge in [0.2, 0.25) is 5.03 Å². The van der Waals surface area contributed by atoms with Crippen molar-refractivity contribution >= 4 is 37.3 Å². The summed E-state index contributed by atoms with van der Waals surface area (Å²) in [5.74, 6) is 0. The fraction of sp³-hybridized carbons (Fsp3) is 0.333. The molecule has 0 aliphatic rings. The van der Waals surface area contributed by atoms with Gasteiger partial charge in [0.1, 0.15) is 0 Å². The Bertz CT molecular complexity index is 642. The van der Waals surface area contributed by atoms with Crippen molar-refractivity contribution in [2.24, 2.45) is 7.05 Å². The van der Waals surface area contributed by atoms with Crippen LogP contribution in [0.1, 0.15) is 10.4 Å². The molecule has 0 aliphatic carbocycles. The number of thiophene rings is 1. The summed E-state index contributed by atoms with van der Waals surface area (Å²) in [5, 5.41) is 9.26. The number of aromatic nitrogens is 3. The van der Waals surface area contributed by atoms with Crippen LogP contribution in [0.25, 0.3) is 0 Å². The van der Waals surface area contributed by atoms with Crippen LogP contribution < -0.4 is 4.72 Å². The summed E-state index contributed by atoms with van der Waals surface area (Å²) in [6.45, 7) is 2.21. The topological polar surface area (TPSA) is 76.9 Å². The molecule has 2 heterocycles. The molecule has 0 unspecified atom stereocenters. The monoisotopic (exact) mass is 350 g/mol. The number of rotatable bonds is 4. The van der Waals surface area contributed by atoms with E-state index < -0.39 is 10.0 Å². The van der Waals surface area contributed by atoms with E-state index in [0.717, 1.165) is 10.4 Å². The Morgan fingerprint density at radius 2 is 2.28 bits per heavy atom. The van der Waals surface area contributed by atoms with E-state index in [-0.39, 0.29) is 16.2 Å². The van der Waals surface area contributed by atoms with Crippen LogP contribution in [-0.4, -0.2) is 23.4 Å². The molecular formula is C9H11BrN4O2S2. The number of nitrogens with zero attached hydrogens (tertiary/aromatic N) is 3. The number of aryl methyl sites for hydroxylation is 2. The maximum atomic E-state index is 12.1. The minimum atomic E-state index is -3.62. The first kappa shape index (κ1) is 13.7. The molecule has 0 aliphatic heterocycles. The second-order valence-corrected chi connectivity index (χ2v) is 7.09. The van der Waals surface area contributed by atoms with Gasteiger partial charge in [-0.1, -0.05) is 5.21 Å². The fourth-order valence-electron chi connectivity index (χ4n) is 1.42. The van der Waals surface area contributed by atoms with Crippen LogP contribution in [-0.2, 0) is 23.6 Å². The Labute approximate surface area is 117 Å². The van der Waals surface area contributed by atoms with E-state index in [9.17, 15) is 8.42 Å². The summed E-state index contributed by atoms with van der Waals surface area (Å²) in [6, 6.07) is 1.95. The van der Waals surface area contributed by atoms with Gasteiger partial charge in [-0.05, 0) is 39.9 Å². The zero-order valence-corrected chi connectivity index (χ0v) is 12.9. The molecule has 2 aromatic heterocycles. The third kappa shape index (κ3) is 2.63. The molecule has 2 rings (SSSR count). The lowest BCUT2D eigenvalue weighted by Crippen LogP contribution is -2.25. The molecule has 0 saturated heterocycles. The molecule has 0 radical (unpaired) electrons. The van der Waals surface area contributed by atoms with Gasteiger partial charge < -0.3 is 0 Å². The largest absolute Gasteiger partial charge is 0.260 e. The van der Waals surface area contributed by atoms with E-state index in [1.807, 2.05) is 18.4 Å². The number of hydrogen-bond donors (Lipinski definition) is 1. The van der Waals surface area contributed by atoms with Crippen molar-refractivity contribution < 1.29 is 8.42 Å². The van der Waals surface area contributed by atoms with Gasteiger partial charge >= 0.3 is 0 Å². The molecule has 18 heavy (non-hydrogen) atoms. The first-order valence-electron chi connectivity index (χ1n) is 4.99. The van der Waals surface area contributed by atoms with Crippen molar-refractivity contribution in [3.8, 4) is 0 Å². The van der Waals surface area contributed by atoms with E-state index in [0.29, 0.717) is 0 Å². The van der Waals surface area contributed by atoms with E-state index in [1.54, 1.807) is 0 Å². The molecular weight excluding hydrogens is 340 g/mol. The first-order valence-corrected chi connectivity index (χ1v) is 8.15. The Balaban J connectivity index is 2.21. The zero-order chi connectivity index (χ0) is 13.3. The van der Waals surface area contributed by atoms with Crippen molar-refractivity contribution in [2.75, 3.05) is 0 Å². The third-order valence-electron chi connectivity index (χ3n) is 2.38. The quantitative estimate of drug-likeness (QED) is 0.904. The van der Waals surface area contributed by atoms with Crippen LogP contribution in [0.4, 0.5) is 0 Å². The van der Waals surface area contributed by atoms with Crippen LogP contribution in [0.5, 0.6) is 0 Å². The van der Waals surface area contributed by atoms with Crippen molar-refractivity contribution in [3.63, 3.8) is 0 Å². The molecule has 0 aromatic carbocycles. The Morgan fingerprint density at radius 1 is 1.56 bits per heavy atom. The number of halogens is 1. The number of nitrogens with one attached hydrogen (secondary N) is 1. The van der Waals surface area contributed by atoms with Crippen LogP contribution in [0.15, 0.2) is 21.1 Å². The number of sulfonamides is 1.